The van der Waals surface area contributed by atoms with Gasteiger partial charge in [-0.25, -0.2) is 4.39 Å². The van der Waals surface area contributed by atoms with E-state index in [0.717, 1.165) is 13.0 Å². The molecular weight excluding hydrogens is 250 g/mol. The van der Waals surface area contributed by atoms with Crippen LogP contribution < -0.4 is 5.73 Å². The van der Waals surface area contributed by atoms with Gasteiger partial charge in [-0.3, -0.25) is 0 Å². The van der Waals surface area contributed by atoms with E-state index < -0.39 is 29.2 Å². The lowest BCUT2D eigenvalue weighted by Gasteiger charge is -2.35. The predicted molar refractivity (Wildman–Crippen MR) is 59.5 cm³/mol. The first-order valence-corrected chi connectivity index (χ1v) is 5.33. The Morgan fingerprint density at radius 1 is 1.22 bits per heavy atom. The van der Waals surface area contributed by atoms with Gasteiger partial charge in [-0.05, 0) is 38.0 Å². The standard InChI is InChI=1S/C12H15F4NO/c1-6-4-7(2)10(9(13)5-6)11(18,8(3)17)12(14,15)16/h4-5,8,18H,17H2,1-3H3. The molecule has 0 bridgehead atoms. The number of benzene rings is 1. The summed E-state index contributed by atoms with van der Waals surface area (Å²) in [4.78, 5) is 0. The van der Waals surface area contributed by atoms with Gasteiger partial charge in [-0.1, -0.05) is 6.07 Å². The van der Waals surface area contributed by atoms with E-state index in [1.54, 1.807) is 6.92 Å². The monoisotopic (exact) mass is 265 g/mol. The molecule has 1 aromatic carbocycles. The molecule has 0 heterocycles. The summed E-state index contributed by atoms with van der Waals surface area (Å²) in [5, 5.41) is 9.86. The van der Waals surface area contributed by atoms with Gasteiger partial charge >= 0.3 is 6.18 Å². The van der Waals surface area contributed by atoms with Crippen molar-refractivity contribution in [2.24, 2.45) is 5.73 Å². The van der Waals surface area contributed by atoms with Crippen molar-refractivity contribution >= 4 is 0 Å². The van der Waals surface area contributed by atoms with Gasteiger partial charge < -0.3 is 10.8 Å². The Morgan fingerprint density at radius 2 is 1.72 bits per heavy atom. The third kappa shape index (κ3) is 2.22. The fraction of sp³-hybridized carbons (Fsp3) is 0.500. The second-order valence-corrected chi connectivity index (χ2v) is 4.49. The number of halogens is 4. The number of rotatable bonds is 2. The summed E-state index contributed by atoms with van der Waals surface area (Å²) >= 11 is 0. The molecule has 1 rings (SSSR count). The highest BCUT2D eigenvalue weighted by molar-refractivity contribution is 5.38. The van der Waals surface area contributed by atoms with Gasteiger partial charge in [0.15, 0.2) is 0 Å². The Labute approximate surface area is 102 Å². The number of hydrogen-bond donors (Lipinski definition) is 2. The third-order valence-electron chi connectivity index (χ3n) is 2.90. The maximum absolute atomic E-state index is 13.8. The maximum atomic E-state index is 13.8. The normalized spacial score (nSPS) is 17.4. The lowest BCUT2D eigenvalue weighted by Crippen LogP contribution is -2.55. The highest BCUT2D eigenvalue weighted by Crippen LogP contribution is 2.43. The number of aryl methyl sites for hydroxylation is 2. The van der Waals surface area contributed by atoms with Crippen LogP contribution in [0.4, 0.5) is 17.6 Å². The van der Waals surface area contributed by atoms with Crippen molar-refractivity contribution in [2.75, 3.05) is 0 Å². The van der Waals surface area contributed by atoms with Crippen LogP contribution in [-0.2, 0) is 5.60 Å². The van der Waals surface area contributed by atoms with E-state index in [1.807, 2.05) is 0 Å². The zero-order valence-corrected chi connectivity index (χ0v) is 10.3. The summed E-state index contributed by atoms with van der Waals surface area (Å²) in [5.41, 5.74) is 1.52. The van der Waals surface area contributed by atoms with Gasteiger partial charge in [0.25, 0.3) is 0 Å². The van der Waals surface area contributed by atoms with Crippen molar-refractivity contribution in [2.45, 2.75) is 38.6 Å². The number of aliphatic hydroxyl groups is 1. The van der Waals surface area contributed by atoms with Crippen molar-refractivity contribution in [3.8, 4) is 0 Å². The van der Waals surface area contributed by atoms with Crippen LogP contribution in [0.5, 0.6) is 0 Å². The molecule has 0 saturated heterocycles. The van der Waals surface area contributed by atoms with Crippen LogP contribution in [-0.4, -0.2) is 17.3 Å². The molecule has 0 aliphatic rings. The van der Waals surface area contributed by atoms with Crippen LogP contribution in [0.15, 0.2) is 12.1 Å². The van der Waals surface area contributed by atoms with Gasteiger partial charge in [-0.2, -0.15) is 13.2 Å². The van der Waals surface area contributed by atoms with Crippen LogP contribution in [0.2, 0.25) is 0 Å². The summed E-state index contributed by atoms with van der Waals surface area (Å²) in [7, 11) is 0. The molecule has 1 aromatic rings. The summed E-state index contributed by atoms with van der Waals surface area (Å²) in [6.45, 7) is 3.86. The van der Waals surface area contributed by atoms with E-state index >= 15 is 0 Å². The van der Waals surface area contributed by atoms with E-state index in [4.69, 9.17) is 5.73 Å². The molecule has 2 atom stereocenters. The first-order valence-electron chi connectivity index (χ1n) is 5.33. The van der Waals surface area contributed by atoms with Crippen LogP contribution in [0.25, 0.3) is 0 Å². The lowest BCUT2D eigenvalue weighted by molar-refractivity contribution is -0.274. The summed E-state index contributed by atoms with van der Waals surface area (Å²) in [5.74, 6) is -1.11. The molecule has 6 heteroatoms. The molecule has 0 aliphatic heterocycles. The van der Waals surface area contributed by atoms with Gasteiger partial charge in [0.2, 0.25) is 5.60 Å². The highest BCUT2D eigenvalue weighted by Gasteiger charge is 2.59. The molecule has 2 nitrogen and oxygen atoms in total. The molecule has 0 spiro atoms. The van der Waals surface area contributed by atoms with Crippen LogP contribution in [0.1, 0.15) is 23.6 Å². The zero-order chi connectivity index (χ0) is 14.3. The molecule has 0 fully saturated rings. The molecule has 18 heavy (non-hydrogen) atoms. The van der Waals surface area contributed by atoms with E-state index in [1.165, 1.54) is 13.0 Å². The van der Waals surface area contributed by atoms with Crippen LogP contribution in [0, 0.1) is 19.7 Å². The molecule has 0 radical (unpaired) electrons. The topological polar surface area (TPSA) is 46.2 Å². The second-order valence-electron chi connectivity index (χ2n) is 4.49. The molecular formula is C12H15F4NO. The second kappa shape index (κ2) is 4.51. The fourth-order valence-corrected chi connectivity index (χ4v) is 2.03. The SMILES string of the molecule is Cc1cc(C)c(C(O)(C(C)N)C(F)(F)F)c(F)c1. The van der Waals surface area contributed by atoms with Crippen molar-refractivity contribution in [3.63, 3.8) is 0 Å². The Bertz CT molecular complexity index is 433. The maximum Gasteiger partial charge on any atom is 0.423 e. The molecule has 0 amide bonds. The number of nitrogens with two attached hydrogens (primary N) is 1. The molecule has 2 unspecified atom stereocenters. The van der Waals surface area contributed by atoms with Crippen molar-refractivity contribution < 1.29 is 22.7 Å². The van der Waals surface area contributed by atoms with E-state index in [-0.39, 0.29) is 5.56 Å². The minimum atomic E-state index is -5.05. The van der Waals surface area contributed by atoms with Crippen molar-refractivity contribution in [1.82, 2.24) is 0 Å². The largest absolute Gasteiger partial charge is 0.423 e. The van der Waals surface area contributed by atoms with E-state index in [9.17, 15) is 22.7 Å². The summed E-state index contributed by atoms with van der Waals surface area (Å²) < 4.78 is 52.8. The van der Waals surface area contributed by atoms with Crippen molar-refractivity contribution in [1.29, 1.82) is 0 Å². The Balaban J connectivity index is 3.60. The molecule has 0 saturated carbocycles. The number of alkyl halides is 3. The highest BCUT2D eigenvalue weighted by atomic mass is 19.4. The van der Waals surface area contributed by atoms with Gasteiger partial charge in [0, 0.05) is 11.6 Å². The third-order valence-corrected chi connectivity index (χ3v) is 2.90. The number of hydrogen-bond acceptors (Lipinski definition) is 2. The summed E-state index contributed by atoms with van der Waals surface area (Å²) in [6, 6.07) is 0.632. The predicted octanol–water partition coefficient (Wildman–Crippen LogP) is 2.54. The minimum Gasteiger partial charge on any atom is -0.375 e. The van der Waals surface area contributed by atoms with Crippen LogP contribution >= 0.6 is 0 Å². The van der Waals surface area contributed by atoms with Gasteiger partial charge in [0.05, 0.1) is 0 Å². The van der Waals surface area contributed by atoms with Gasteiger partial charge in [0.1, 0.15) is 5.82 Å². The molecule has 102 valence electrons. The van der Waals surface area contributed by atoms with E-state index in [2.05, 4.69) is 0 Å². The molecule has 0 aromatic heterocycles. The zero-order valence-electron chi connectivity index (χ0n) is 10.3. The quantitative estimate of drug-likeness (QED) is 0.807. The van der Waals surface area contributed by atoms with Crippen molar-refractivity contribution in [3.05, 3.63) is 34.6 Å². The Hall–Kier alpha value is -1.14. The average Bonchev–Trinajstić information content (AvgIpc) is 2.13. The first-order chi connectivity index (χ1) is 8.01. The van der Waals surface area contributed by atoms with Crippen LogP contribution in [0.3, 0.4) is 0 Å². The molecule has 0 aliphatic carbocycles. The summed E-state index contributed by atoms with van der Waals surface area (Å²) in [6.07, 6.45) is -5.05. The molecule has 3 N–H and O–H groups in total. The fourth-order valence-electron chi connectivity index (χ4n) is 2.03. The average molecular weight is 265 g/mol. The lowest BCUT2D eigenvalue weighted by atomic mass is 9.83. The Kier molecular flexibility index (Phi) is 3.74. The smallest absolute Gasteiger partial charge is 0.375 e. The van der Waals surface area contributed by atoms with Gasteiger partial charge in [-0.15, -0.1) is 0 Å². The minimum absolute atomic E-state index is 0.0182. The Morgan fingerprint density at radius 3 is 2.06 bits per heavy atom. The van der Waals surface area contributed by atoms with E-state index in [0.29, 0.717) is 5.56 Å². The first kappa shape index (κ1) is 14.9.